The number of nitrogens with two attached hydrogens (primary N) is 1. The molecule has 0 saturated carbocycles. The van der Waals surface area contributed by atoms with Crippen molar-refractivity contribution < 1.29 is 9.53 Å². The fourth-order valence-corrected chi connectivity index (χ4v) is 1.36. The molecule has 0 aromatic heterocycles. The van der Waals surface area contributed by atoms with Crippen molar-refractivity contribution in [3.05, 3.63) is 34.4 Å². The highest BCUT2D eigenvalue weighted by molar-refractivity contribution is 6.32. The van der Waals surface area contributed by atoms with Crippen LogP contribution in [-0.2, 0) is 4.79 Å². The molecule has 1 aromatic rings. The number of benzene rings is 1. The van der Waals surface area contributed by atoms with E-state index in [-0.39, 0.29) is 5.57 Å². The Kier molecular flexibility index (Phi) is 3.92. The number of nitriles is 1. The van der Waals surface area contributed by atoms with E-state index < -0.39 is 5.91 Å². The lowest BCUT2D eigenvalue weighted by atomic mass is 10.1. The number of hydrogen-bond acceptors (Lipinski definition) is 3. The molecular formula is C11H9ClN2O2. The van der Waals surface area contributed by atoms with E-state index in [0.29, 0.717) is 16.3 Å². The second-order valence-corrected chi connectivity index (χ2v) is 3.34. The summed E-state index contributed by atoms with van der Waals surface area (Å²) in [4.78, 5) is 10.8. The molecule has 1 rings (SSSR count). The molecule has 0 saturated heterocycles. The fraction of sp³-hybridized carbons (Fsp3) is 0.0909. The zero-order valence-electron chi connectivity index (χ0n) is 8.53. The molecule has 0 fully saturated rings. The van der Waals surface area contributed by atoms with Gasteiger partial charge in [-0.1, -0.05) is 17.7 Å². The normalized spacial score (nSPS) is 10.7. The van der Waals surface area contributed by atoms with Gasteiger partial charge in [-0.2, -0.15) is 5.26 Å². The van der Waals surface area contributed by atoms with Gasteiger partial charge in [-0.05, 0) is 23.8 Å². The third kappa shape index (κ3) is 2.75. The molecule has 4 nitrogen and oxygen atoms in total. The highest BCUT2D eigenvalue weighted by Crippen LogP contribution is 2.25. The summed E-state index contributed by atoms with van der Waals surface area (Å²) in [7, 11) is 1.50. The molecule has 2 N–H and O–H groups in total. The molecule has 82 valence electrons. The van der Waals surface area contributed by atoms with Gasteiger partial charge in [0.15, 0.2) is 0 Å². The summed E-state index contributed by atoms with van der Waals surface area (Å²) in [5.74, 6) is -0.245. The SMILES string of the molecule is COc1ccc(/C=C(\C#N)C(N)=O)cc1Cl. The molecule has 0 aliphatic rings. The zero-order chi connectivity index (χ0) is 12.1. The van der Waals surface area contributed by atoms with Gasteiger partial charge in [-0.15, -0.1) is 0 Å². The Morgan fingerprint density at radius 1 is 1.62 bits per heavy atom. The van der Waals surface area contributed by atoms with Crippen molar-refractivity contribution in [1.29, 1.82) is 5.26 Å². The maximum Gasteiger partial charge on any atom is 0.259 e. The van der Waals surface area contributed by atoms with Gasteiger partial charge < -0.3 is 10.5 Å². The van der Waals surface area contributed by atoms with E-state index in [4.69, 9.17) is 27.3 Å². The molecule has 5 heteroatoms. The minimum atomic E-state index is -0.769. The lowest BCUT2D eigenvalue weighted by molar-refractivity contribution is -0.114. The first-order valence-corrected chi connectivity index (χ1v) is 4.71. The van der Waals surface area contributed by atoms with E-state index in [1.54, 1.807) is 24.3 Å². The summed E-state index contributed by atoms with van der Waals surface area (Å²) in [6.45, 7) is 0. The van der Waals surface area contributed by atoms with E-state index in [0.717, 1.165) is 0 Å². The van der Waals surface area contributed by atoms with Gasteiger partial charge in [0.2, 0.25) is 0 Å². The van der Waals surface area contributed by atoms with Crippen molar-refractivity contribution >= 4 is 23.6 Å². The highest BCUT2D eigenvalue weighted by Gasteiger charge is 2.05. The maximum atomic E-state index is 10.8. The molecule has 0 radical (unpaired) electrons. The zero-order valence-corrected chi connectivity index (χ0v) is 9.28. The number of amides is 1. The number of rotatable bonds is 3. The second kappa shape index (κ2) is 5.19. The van der Waals surface area contributed by atoms with Crippen LogP contribution in [0.1, 0.15) is 5.56 Å². The molecule has 1 amide bonds. The number of ether oxygens (including phenoxy) is 1. The quantitative estimate of drug-likeness (QED) is 0.642. The van der Waals surface area contributed by atoms with Gasteiger partial charge in [0.05, 0.1) is 12.1 Å². The first kappa shape index (κ1) is 12.1. The van der Waals surface area contributed by atoms with Crippen molar-refractivity contribution in [2.75, 3.05) is 7.11 Å². The van der Waals surface area contributed by atoms with Gasteiger partial charge >= 0.3 is 0 Å². The largest absolute Gasteiger partial charge is 0.495 e. The minimum absolute atomic E-state index is 0.124. The predicted molar refractivity (Wildman–Crippen MR) is 60.8 cm³/mol. The lowest BCUT2D eigenvalue weighted by Gasteiger charge is -2.03. The Morgan fingerprint density at radius 2 is 2.31 bits per heavy atom. The third-order valence-electron chi connectivity index (χ3n) is 1.87. The highest BCUT2D eigenvalue weighted by atomic mass is 35.5. The average Bonchev–Trinajstić information content (AvgIpc) is 2.25. The molecule has 0 aliphatic heterocycles. The first-order chi connectivity index (χ1) is 7.58. The number of halogens is 1. The molecule has 0 bridgehead atoms. The lowest BCUT2D eigenvalue weighted by Crippen LogP contribution is -2.12. The molecule has 0 heterocycles. The summed E-state index contributed by atoms with van der Waals surface area (Å²) in [5.41, 5.74) is 5.49. The smallest absolute Gasteiger partial charge is 0.259 e. The van der Waals surface area contributed by atoms with Crippen LogP contribution < -0.4 is 10.5 Å². The van der Waals surface area contributed by atoms with Gasteiger partial charge in [0, 0.05) is 0 Å². The molecule has 0 atom stereocenters. The van der Waals surface area contributed by atoms with Crippen LogP contribution in [-0.4, -0.2) is 13.0 Å². The van der Waals surface area contributed by atoms with Crippen LogP contribution in [0.25, 0.3) is 6.08 Å². The summed E-state index contributed by atoms with van der Waals surface area (Å²) in [5, 5.41) is 9.05. The number of nitrogens with zero attached hydrogens (tertiary/aromatic N) is 1. The van der Waals surface area contributed by atoms with Crippen LogP contribution >= 0.6 is 11.6 Å². The monoisotopic (exact) mass is 236 g/mol. The minimum Gasteiger partial charge on any atom is -0.495 e. The van der Waals surface area contributed by atoms with Gasteiger partial charge in [0.1, 0.15) is 17.4 Å². The molecule has 1 aromatic carbocycles. The Bertz CT molecular complexity index is 489. The van der Waals surface area contributed by atoms with Crippen LogP contribution in [0.5, 0.6) is 5.75 Å². The Balaban J connectivity index is 3.12. The Labute approximate surface area is 97.9 Å². The molecule has 0 aliphatic carbocycles. The number of methoxy groups -OCH3 is 1. The van der Waals surface area contributed by atoms with E-state index in [9.17, 15) is 4.79 Å². The number of hydrogen-bond donors (Lipinski definition) is 1. The number of carbonyl (C=O) groups is 1. The van der Waals surface area contributed by atoms with Crippen LogP contribution in [0, 0.1) is 11.3 Å². The standard InChI is InChI=1S/C11H9ClN2O2/c1-16-10-3-2-7(5-9(10)12)4-8(6-13)11(14)15/h2-5H,1H3,(H2,14,15)/b8-4+. The van der Waals surface area contributed by atoms with E-state index in [1.807, 2.05) is 0 Å². The summed E-state index contributed by atoms with van der Waals surface area (Å²) in [6.07, 6.45) is 1.37. The number of carbonyl (C=O) groups excluding carboxylic acids is 1. The van der Waals surface area contributed by atoms with Crippen LogP contribution in [0.15, 0.2) is 23.8 Å². The molecular weight excluding hydrogens is 228 g/mol. The summed E-state index contributed by atoms with van der Waals surface area (Å²) >= 11 is 5.88. The summed E-state index contributed by atoms with van der Waals surface area (Å²) in [6, 6.07) is 6.61. The first-order valence-electron chi connectivity index (χ1n) is 4.33. The van der Waals surface area contributed by atoms with Crippen molar-refractivity contribution in [3.63, 3.8) is 0 Å². The molecule has 16 heavy (non-hydrogen) atoms. The van der Waals surface area contributed by atoms with Gasteiger partial charge in [-0.25, -0.2) is 0 Å². The van der Waals surface area contributed by atoms with Crippen LogP contribution in [0.3, 0.4) is 0 Å². The Hall–Kier alpha value is -1.99. The van der Waals surface area contributed by atoms with Crippen LogP contribution in [0.2, 0.25) is 5.02 Å². The topological polar surface area (TPSA) is 76.1 Å². The third-order valence-corrected chi connectivity index (χ3v) is 2.17. The fourth-order valence-electron chi connectivity index (χ4n) is 1.10. The van der Waals surface area contributed by atoms with Crippen LogP contribution in [0.4, 0.5) is 0 Å². The van der Waals surface area contributed by atoms with Gasteiger partial charge in [-0.3, -0.25) is 4.79 Å². The van der Waals surface area contributed by atoms with Crippen molar-refractivity contribution in [1.82, 2.24) is 0 Å². The molecule has 0 unspecified atom stereocenters. The van der Waals surface area contributed by atoms with Gasteiger partial charge in [0.25, 0.3) is 5.91 Å². The predicted octanol–water partition coefficient (Wildman–Crippen LogP) is 1.74. The van der Waals surface area contributed by atoms with E-state index >= 15 is 0 Å². The van der Waals surface area contributed by atoms with E-state index in [1.165, 1.54) is 13.2 Å². The van der Waals surface area contributed by atoms with Crippen molar-refractivity contribution in [2.24, 2.45) is 5.73 Å². The summed E-state index contributed by atoms with van der Waals surface area (Å²) < 4.78 is 4.97. The van der Waals surface area contributed by atoms with Crippen molar-refractivity contribution in [3.8, 4) is 11.8 Å². The number of primary amides is 1. The maximum absolute atomic E-state index is 10.8. The van der Waals surface area contributed by atoms with E-state index in [2.05, 4.69) is 0 Å². The Morgan fingerprint density at radius 3 is 2.75 bits per heavy atom. The second-order valence-electron chi connectivity index (χ2n) is 2.93. The molecule has 0 spiro atoms. The average molecular weight is 237 g/mol. The van der Waals surface area contributed by atoms with Crippen molar-refractivity contribution in [2.45, 2.75) is 0 Å².